The van der Waals surface area contributed by atoms with Crippen molar-refractivity contribution >= 4 is 6.03 Å². The van der Waals surface area contributed by atoms with Gasteiger partial charge in [-0.25, -0.2) is 4.79 Å². The quantitative estimate of drug-likeness (QED) is 0.857. The Hall–Kier alpha value is -2.56. The van der Waals surface area contributed by atoms with E-state index in [0.717, 1.165) is 16.9 Å². The first kappa shape index (κ1) is 14.8. The van der Waals surface area contributed by atoms with Gasteiger partial charge in [-0.3, -0.25) is 4.98 Å². The number of nitrogens with one attached hydrogen (secondary N) is 2. The molecule has 0 aliphatic carbocycles. The molecule has 0 aliphatic heterocycles. The van der Waals surface area contributed by atoms with Crippen LogP contribution in [-0.2, 0) is 13.1 Å². The Labute approximate surface area is 124 Å². The van der Waals surface area contributed by atoms with Gasteiger partial charge < -0.3 is 15.4 Å². The van der Waals surface area contributed by atoms with Gasteiger partial charge in [-0.1, -0.05) is 12.1 Å². The largest absolute Gasteiger partial charge is 0.494 e. The van der Waals surface area contributed by atoms with Gasteiger partial charge in [0, 0.05) is 25.5 Å². The summed E-state index contributed by atoms with van der Waals surface area (Å²) in [5.74, 6) is 0.814. The van der Waals surface area contributed by atoms with Crippen LogP contribution in [0.2, 0.25) is 0 Å². The first-order valence-electron chi connectivity index (χ1n) is 6.90. The maximum absolute atomic E-state index is 11.7. The van der Waals surface area contributed by atoms with Crippen molar-refractivity contribution in [2.75, 3.05) is 6.61 Å². The number of rotatable bonds is 6. The highest BCUT2D eigenvalue weighted by molar-refractivity contribution is 5.73. The lowest BCUT2D eigenvalue weighted by atomic mass is 10.2. The molecular weight excluding hydrogens is 266 g/mol. The second-order valence-electron chi connectivity index (χ2n) is 4.47. The normalized spacial score (nSPS) is 9.95. The average Bonchev–Trinajstić information content (AvgIpc) is 2.53. The fraction of sp³-hybridized carbons (Fsp3) is 0.250. The number of amides is 2. The van der Waals surface area contributed by atoms with Crippen molar-refractivity contribution in [1.82, 2.24) is 15.6 Å². The zero-order valence-electron chi connectivity index (χ0n) is 12.0. The van der Waals surface area contributed by atoms with Crippen molar-refractivity contribution in [1.29, 1.82) is 0 Å². The van der Waals surface area contributed by atoms with E-state index in [4.69, 9.17) is 4.74 Å². The second-order valence-corrected chi connectivity index (χ2v) is 4.47. The van der Waals surface area contributed by atoms with E-state index >= 15 is 0 Å². The highest BCUT2D eigenvalue weighted by atomic mass is 16.5. The number of urea groups is 1. The fourth-order valence-corrected chi connectivity index (χ4v) is 1.84. The van der Waals surface area contributed by atoms with Gasteiger partial charge in [0.2, 0.25) is 0 Å². The molecule has 110 valence electrons. The minimum atomic E-state index is -0.200. The molecule has 0 saturated carbocycles. The SMILES string of the molecule is CCOc1cccc(CNC(=O)NCc2ccncc2)c1. The molecule has 2 N–H and O–H groups in total. The van der Waals surface area contributed by atoms with E-state index in [1.807, 2.05) is 43.3 Å². The van der Waals surface area contributed by atoms with E-state index in [9.17, 15) is 4.79 Å². The van der Waals surface area contributed by atoms with Gasteiger partial charge in [-0.2, -0.15) is 0 Å². The van der Waals surface area contributed by atoms with Crippen LogP contribution in [0.15, 0.2) is 48.8 Å². The molecule has 0 bridgehead atoms. The van der Waals surface area contributed by atoms with E-state index in [2.05, 4.69) is 15.6 Å². The van der Waals surface area contributed by atoms with Gasteiger partial charge in [-0.05, 0) is 42.3 Å². The van der Waals surface area contributed by atoms with Crippen LogP contribution >= 0.6 is 0 Å². The summed E-state index contributed by atoms with van der Waals surface area (Å²) >= 11 is 0. The molecule has 2 rings (SSSR count). The Bertz CT molecular complexity index is 573. The molecule has 2 aromatic rings. The minimum Gasteiger partial charge on any atom is -0.494 e. The highest BCUT2D eigenvalue weighted by Gasteiger charge is 2.01. The van der Waals surface area contributed by atoms with Crippen LogP contribution in [0.4, 0.5) is 4.79 Å². The van der Waals surface area contributed by atoms with Gasteiger partial charge in [0.15, 0.2) is 0 Å². The maximum Gasteiger partial charge on any atom is 0.315 e. The Morgan fingerprint density at radius 1 is 1.10 bits per heavy atom. The Morgan fingerprint density at radius 3 is 2.52 bits per heavy atom. The number of carbonyl (C=O) groups excluding carboxylic acids is 1. The molecule has 5 heteroatoms. The lowest BCUT2D eigenvalue weighted by Gasteiger charge is -2.09. The van der Waals surface area contributed by atoms with E-state index in [1.165, 1.54) is 0 Å². The van der Waals surface area contributed by atoms with Crippen LogP contribution in [0.3, 0.4) is 0 Å². The standard InChI is InChI=1S/C16H19N3O2/c1-2-21-15-5-3-4-14(10-15)12-19-16(20)18-11-13-6-8-17-9-7-13/h3-10H,2,11-12H2,1H3,(H2,18,19,20). The molecule has 0 spiro atoms. The monoisotopic (exact) mass is 285 g/mol. The van der Waals surface area contributed by atoms with Crippen molar-refractivity contribution in [3.63, 3.8) is 0 Å². The number of benzene rings is 1. The molecule has 0 atom stereocenters. The van der Waals surface area contributed by atoms with Gasteiger partial charge >= 0.3 is 6.03 Å². The molecule has 0 unspecified atom stereocenters. The first-order valence-corrected chi connectivity index (χ1v) is 6.90. The van der Waals surface area contributed by atoms with Crippen molar-refractivity contribution in [3.8, 4) is 5.75 Å². The molecule has 21 heavy (non-hydrogen) atoms. The fourth-order valence-electron chi connectivity index (χ4n) is 1.84. The topological polar surface area (TPSA) is 63.2 Å². The van der Waals surface area contributed by atoms with Crippen LogP contribution < -0.4 is 15.4 Å². The van der Waals surface area contributed by atoms with Crippen molar-refractivity contribution < 1.29 is 9.53 Å². The van der Waals surface area contributed by atoms with Crippen LogP contribution in [0.5, 0.6) is 5.75 Å². The number of ether oxygens (including phenoxy) is 1. The Balaban J connectivity index is 1.77. The van der Waals surface area contributed by atoms with Crippen LogP contribution in [0.1, 0.15) is 18.1 Å². The van der Waals surface area contributed by atoms with Crippen molar-refractivity contribution in [3.05, 3.63) is 59.9 Å². The number of hydrogen-bond donors (Lipinski definition) is 2. The first-order chi connectivity index (χ1) is 10.3. The van der Waals surface area contributed by atoms with Crippen molar-refractivity contribution in [2.45, 2.75) is 20.0 Å². The molecule has 1 aromatic carbocycles. The van der Waals surface area contributed by atoms with Crippen molar-refractivity contribution in [2.24, 2.45) is 0 Å². The van der Waals surface area contributed by atoms with Crippen LogP contribution in [-0.4, -0.2) is 17.6 Å². The van der Waals surface area contributed by atoms with Gasteiger partial charge in [-0.15, -0.1) is 0 Å². The average molecular weight is 285 g/mol. The number of carbonyl (C=O) groups is 1. The predicted octanol–water partition coefficient (Wildman–Crippen LogP) is 2.48. The predicted molar refractivity (Wildman–Crippen MR) is 80.9 cm³/mol. The molecule has 5 nitrogen and oxygen atoms in total. The molecule has 0 aliphatic rings. The summed E-state index contributed by atoms with van der Waals surface area (Å²) < 4.78 is 5.42. The van der Waals surface area contributed by atoms with Gasteiger partial charge in [0.05, 0.1) is 6.61 Å². The third kappa shape index (κ3) is 5.14. The van der Waals surface area contributed by atoms with E-state index < -0.39 is 0 Å². The Morgan fingerprint density at radius 2 is 1.81 bits per heavy atom. The summed E-state index contributed by atoms with van der Waals surface area (Å²) in [5.41, 5.74) is 2.01. The zero-order valence-corrected chi connectivity index (χ0v) is 12.0. The van der Waals surface area contributed by atoms with E-state index in [1.54, 1.807) is 12.4 Å². The summed E-state index contributed by atoms with van der Waals surface area (Å²) in [4.78, 5) is 15.7. The number of pyridine rings is 1. The third-order valence-electron chi connectivity index (χ3n) is 2.86. The Kier molecular flexibility index (Phi) is 5.58. The van der Waals surface area contributed by atoms with Crippen LogP contribution in [0.25, 0.3) is 0 Å². The lowest BCUT2D eigenvalue weighted by molar-refractivity contribution is 0.240. The summed E-state index contributed by atoms with van der Waals surface area (Å²) in [6, 6.07) is 11.2. The highest BCUT2D eigenvalue weighted by Crippen LogP contribution is 2.12. The zero-order chi connectivity index (χ0) is 14.9. The summed E-state index contributed by atoms with van der Waals surface area (Å²) in [5, 5.41) is 5.62. The van der Waals surface area contributed by atoms with Gasteiger partial charge in [0.1, 0.15) is 5.75 Å². The molecule has 1 heterocycles. The molecule has 1 aromatic heterocycles. The van der Waals surface area contributed by atoms with Crippen LogP contribution in [0, 0.1) is 0 Å². The maximum atomic E-state index is 11.7. The molecular formula is C16H19N3O2. The number of hydrogen-bond acceptors (Lipinski definition) is 3. The molecule has 2 amide bonds. The third-order valence-corrected chi connectivity index (χ3v) is 2.86. The number of nitrogens with zero attached hydrogens (tertiary/aromatic N) is 1. The summed E-state index contributed by atoms with van der Waals surface area (Å²) in [7, 11) is 0. The minimum absolute atomic E-state index is 0.200. The van der Waals surface area contributed by atoms with E-state index in [0.29, 0.717) is 19.7 Å². The molecule has 0 saturated heterocycles. The smallest absolute Gasteiger partial charge is 0.315 e. The summed E-state index contributed by atoms with van der Waals surface area (Å²) in [6.07, 6.45) is 3.41. The molecule has 0 radical (unpaired) electrons. The summed E-state index contributed by atoms with van der Waals surface area (Å²) in [6.45, 7) is 3.51. The van der Waals surface area contributed by atoms with Gasteiger partial charge in [0.25, 0.3) is 0 Å². The lowest BCUT2D eigenvalue weighted by Crippen LogP contribution is -2.34. The second kappa shape index (κ2) is 7.89. The van der Waals surface area contributed by atoms with E-state index in [-0.39, 0.29) is 6.03 Å². The molecule has 0 fully saturated rings. The number of aromatic nitrogens is 1.